The molecular weight excluding hydrogens is 300 g/mol. The summed E-state index contributed by atoms with van der Waals surface area (Å²) in [6.45, 7) is 2.03. The molecule has 24 heavy (non-hydrogen) atoms. The van der Waals surface area contributed by atoms with Crippen LogP contribution in [0.5, 0.6) is 11.5 Å². The first kappa shape index (κ1) is 16.5. The van der Waals surface area contributed by atoms with E-state index in [9.17, 15) is 4.79 Å². The molecule has 4 heteroatoms. The number of nitrogens with two attached hydrogens (primary N) is 1. The van der Waals surface area contributed by atoms with Crippen LogP contribution in [0.1, 0.15) is 31.2 Å². The molecule has 1 saturated carbocycles. The molecule has 0 saturated heterocycles. The molecule has 0 bridgehead atoms. The average Bonchev–Trinajstić information content (AvgIpc) is 2.58. The number of benzene rings is 2. The van der Waals surface area contributed by atoms with Crippen molar-refractivity contribution >= 4 is 11.6 Å². The highest BCUT2D eigenvalue weighted by Gasteiger charge is 2.25. The summed E-state index contributed by atoms with van der Waals surface area (Å²) in [7, 11) is 0. The standard InChI is InChI=1S/C20H24N2O2/c1-14-9-11-17(12-10-14)24-19-8-3-2-7-18(19)22-20(23)15-5-4-6-16(21)13-15/h2-3,7-12,15-16H,4-6,13,21H2,1H3,(H,22,23). The Morgan fingerprint density at radius 2 is 1.88 bits per heavy atom. The first-order valence-corrected chi connectivity index (χ1v) is 8.52. The van der Waals surface area contributed by atoms with Crippen molar-refractivity contribution in [3.63, 3.8) is 0 Å². The lowest BCUT2D eigenvalue weighted by molar-refractivity contribution is -0.120. The smallest absolute Gasteiger partial charge is 0.227 e. The van der Waals surface area contributed by atoms with Crippen molar-refractivity contribution in [3.05, 3.63) is 54.1 Å². The molecule has 0 heterocycles. The van der Waals surface area contributed by atoms with E-state index in [0.717, 1.165) is 31.4 Å². The Morgan fingerprint density at radius 1 is 1.12 bits per heavy atom. The number of para-hydroxylation sites is 2. The van der Waals surface area contributed by atoms with Crippen molar-refractivity contribution in [2.75, 3.05) is 5.32 Å². The summed E-state index contributed by atoms with van der Waals surface area (Å²) in [5.74, 6) is 1.42. The molecule has 2 atom stereocenters. The Balaban J connectivity index is 1.71. The van der Waals surface area contributed by atoms with Crippen LogP contribution in [0.25, 0.3) is 0 Å². The van der Waals surface area contributed by atoms with Crippen LogP contribution in [0.15, 0.2) is 48.5 Å². The van der Waals surface area contributed by atoms with Crippen LogP contribution in [0.3, 0.4) is 0 Å². The summed E-state index contributed by atoms with van der Waals surface area (Å²) < 4.78 is 5.93. The van der Waals surface area contributed by atoms with E-state index in [2.05, 4.69) is 5.32 Å². The second kappa shape index (κ2) is 7.49. The first-order chi connectivity index (χ1) is 11.6. The maximum absolute atomic E-state index is 12.5. The van der Waals surface area contributed by atoms with Crippen LogP contribution in [0.4, 0.5) is 5.69 Å². The van der Waals surface area contributed by atoms with E-state index in [1.54, 1.807) is 0 Å². The van der Waals surface area contributed by atoms with E-state index in [1.165, 1.54) is 5.56 Å². The van der Waals surface area contributed by atoms with Crippen LogP contribution in [0.2, 0.25) is 0 Å². The minimum atomic E-state index is -0.0128. The fraction of sp³-hybridized carbons (Fsp3) is 0.350. The third kappa shape index (κ3) is 4.15. The molecule has 1 aliphatic carbocycles. The van der Waals surface area contributed by atoms with Gasteiger partial charge in [0.1, 0.15) is 5.75 Å². The molecule has 3 rings (SSSR count). The molecule has 0 radical (unpaired) electrons. The number of hydrogen-bond donors (Lipinski definition) is 2. The summed E-state index contributed by atoms with van der Waals surface area (Å²) in [5.41, 5.74) is 7.87. The van der Waals surface area contributed by atoms with E-state index >= 15 is 0 Å². The van der Waals surface area contributed by atoms with Crippen molar-refractivity contribution < 1.29 is 9.53 Å². The highest BCUT2D eigenvalue weighted by Crippen LogP contribution is 2.31. The highest BCUT2D eigenvalue weighted by atomic mass is 16.5. The lowest BCUT2D eigenvalue weighted by Gasteiger charge is -2.26. The third-order valence-corrected chi connectivity index (χ3v) is 4.48. The SMILES string of the molecule is Cc1ccc(Oc2ccccc2NC(=O)C2CCCC(N)C2)cc1. The van der Waals surface area contributed by atoms with Crippen molar-refractivity contribution in [1.29, 1.82) is 0 Å². The van der Waals surface area contributed by atoms with Gasteiger partial charge in [-0.05, 0) is 50.5 Å². The second-order valence-corrected chi connectivity index (χ2v) is 6.52. The molecule has 4 nitrogen and oxygen atoms in total. The normalized spacial score (nSPS) is 20.4. The first-order valence-electron chi connectivity index (χ1n) is 8.52. The van der Waals surface area contributed by atoms with Gasteiger partial charge < -0.3 is 15.8 Å². The summed E-state index contributed by atoms with van der Waals surface area (Å²) in [5, 5.41) is 3.01. The maximum atomic E-state index is 12.5. The Bertz CT molecular complexity index is 697. The van der Waals surface area contributed by atoms with Crippen molar-refractivity contribution in [1.82, 2.24) is 0 Å². The molecule has 1 amide bonds. The maximum Gasteiger partial charge on any atom is 0.227 e. The third-order valence-electron chi connectivity index (χ3n) is 4.48. The monoisotopic (exact) mass is 324 g/mol. The van der Waals surface area contributed by atoms with E-state index in [1.807, 2.05) is 55.5 Å². The number of rotatable bonds is 4. The number of amides is 1. The minimum absolute atomic E-state index is 0.0128. The average molecular weight is 324 g/mol. The number of aryl methyl sites for hydroxylation is 1. The largest absolute Gasteiger partial charge is 0.455 e. The topological polar surface area (TPSA) is 64.3 Å². The van der Waals surface area contributed by atoms with Gasteiger partial charge in [-0.25, -0.2) is 0 Å². The Labute approximate surface area is 143 Å². The number of carbonyl (C=O) groups excluding carboxylic acids is 1. The lowest BCUT2D eigenvalue weighted by atomic mass is 9.85. The van der Waals surface area contributed by atoms with Crippen LogP contribution in [-0.2, 0) is 4.79 Å². The van der Waals surface area contributed by atoms with Crippen molar-refractivity contribution in [2.45, 2.75) is 38.6 Å². The van der Waals surface area contributed by atoms with Gasteiger partial charge in [0.25, 0.3) is 0 Å². The highest BCUT2D eigenvalue weighted by molar-refractivity contribution is 5.94. The van der Waals surface area contributed by atoms with Crippen LogP contribution in [-0.4, -0.2) is 11.9 Å². The van der Waals surface area contributed by atoms with Gasteiger partial charge in [0, 0.05) is 12.0 Å². The Kier molecular flexibility index (Phi) is 5.16. The van der Waals surface area contributed by atoms with Gasteiger partial charge in [-0.1, -0.05) is 36.2 Å². The fourth-order valence-electron chi connectivity index (χ4n) is 3.09. The number of carbonyl (C=O) groups is 1. The quantitative estimate of drug-likeness (QED) is 0.884. The molecule has 126 valence electrons. The molecule has 0 aliphatic heterocycles. The molecule has 0 spiro atoms. The summed E-state index contributed by atoms with van der Waals surface area (Å²) >= 11 is 0. The zero-order valence-corrected chi connectivity index (χ0v) is 14.0. The molecule has 0 aromatic heterocycles. The minimum Gasteiger partial charge on any atom is -0.455 e. The number of nitrogens with one attached hydrogen (secondary N) is 1. The van der Waals surface area contributed by atoms with Gasteiger partial charge in [0.05, 0.1) is 5.69 Å². The predicted molar refractivity (Wildman–Crippen MR) is 96.3 cm³/mol. The molecule has 2 aromatic carbocycles. The Hall–Kier alpha value is -2.33. The van der Waals surface area contributed by atoms with E-state index in [0.29, 0.717) is 11.4 Å². The fourth-order valence-corrected chi connectivity index (χ4v) is 3.09. The van der Waals surface area contributed by atoms with Crippen molar-refractivity contribution in [3.8, 4) is 11.5 Å². The van der Waals surface area contributed by atoms with Crippen LogP contribution in [0, 0.1) is 12.8 Å². The summed E-state index contributed by atoms with van der Waals surface area (Å²) in [6, 6.07) is 15.5. The second-order valence-electron chi connectivity index (χ2n) is 6.52. The molecular formula is C20H24N2O2. The van der Waals surface area contributed by atoms with Crippen LogP contribution >= 0.6 is 0 Å². The van der Waals surface area contributed by atoms with Gasteiger partial charge >= 0.3 is 0 Å². The molecule has 2 unspecified atom stereocenters. The van der Waals surface area contributed by atoms with E-state index in [4.69, 9.17) is 10.5 Å². The number of ether oxygens (including phenoxy) is 1. The van der Waals surface area contributed by atoms with E-state index in [-0.39, 0.29) is 17.9 Å². The summed E-state index contributed by atoms with van der Waals surface area (Å²) in [4.78, 5) is 12.5. The summed E-state index contributed by atoms with van der Waals surface area (Å²) in [6.07, 6.45) is 3.69. The lowest BCUT2D eigenvalue weighted by Crippen LogP contribution is -2.34. The number of anilines is 1. The Morgan fingerprint density at radius 3 is 2.62 bits per heavy atom. The van der Waals surface area contributed by atoms with Gasteiger partial charge in [-0.3, -0.25) is 4.79 Å². The molecule has 1 fully saturated rings. The zero-order chi connectivity index (χ0) is 16.9. The van der Waals surface area contributed by atoms with Gasteiger partial charge in [0.15, 0.2) is 5.75 Å². The predicted octanol–water partition coefficient (Wildman–Crippen LogP) is 4.24. The van der Waals surface area contributed by atoms with Gasteiger partial charge in [-0.2, -0.15) is 0 Å². The van der Waals surface area contributed by atoms with Gasteiger partial charge in [0.2, 0.25) is 5.91 Å². The molecule has 3 N–H and O–H groups in total. The molecule has 2 aromatic rings. The number of hydrogen-bond acceptors (Lipinski definition) is 3. The zero-order valence-electron chi connectivity index (χ0n) is 14.0. The van der Waals surface area contributed by atoms with Crippen molar-refractivity contribution in [2.24, 2.45) is 11.7 Å². The van der Waals surface area contributed by atoms with Gasteiger partial charge in [-0.15, -0.1) is 0 Å². The molecule has 1 aliphatic rings. The van der Waals surface area contributed by atoms with Crippen LogP contribution < -0.4 is 15.8 Å². The van der Waals surface area contributed by atoms with E-state index < -0.39 is 0 Å².